The van der Waals surface area contributed by atoms with Crippen molar-refractivity contribution in [2.24, 2.45) is 0 Å². The largest absolute Gasteiger partial charge is 0.454 e. The molecule has 3 aromatic carbocycles. The fourth-order valence-corrected chi connectivity index (χ4v) is 4.50. The molecular weight excluding hydrogens is 505 g/mol. The van der Waals surface area contributed by atoms with Gasteiger partial charge in [-0.25, -0.2) is 9.97 Å². The number of aromatic amines is 1. The molecule has 0 saturated carbocycles. The van der Waals surface area contributed by atoms with E-state index in [4.69, 9.17) is 14.4 Å². The molecule has 2 N–H and O–H groups in total. The normalized spacial score (nSPS) is 11.8. The number of carbonyl (C=O) groups is 1. The highest BCUT2D eigenvalue weighted by molar-refractivity contribution is 6.04. The highest BCUT2D eigenvalue weighted by atomic mass is 19.4. The van der Waals surface area contributed by atoms with Crippen LogP contribution in [0.4, 0.5) is 18.9 Å². The van der Waals surface area contributed by atoms with E-state index in [2.05, 4.69) is 10.3 Å². The van der Waals surface area contributed by atoms with Gasteiger partial charge in [0.2, 0.25) is 0 Å². The lowest BCUT2D eigenvalue weighted by molar-refractivity contribution is -0.137. The SMILES string of the molecule is Cc1ccc(NC(=O)c2cccc(C(F)(F)F)c2)cc1Cc1nc(-c2cc3ccccc3o2)c2[nH]ccc2n1. The first-order valence-corrected chi connectivity index (χ1v) is 12.2. The van der Waals surface area contributed by atoms with Crippen molar-refractivity contribution in [2.75, 3.05) is 5.32 Å². The molecule has 0 unspecified atom stereocenters. The highest BCUT2D eigenvalue weighted by Gasteiger charge is 2.31. The predicted molar refractivity (Wildman–Crippen MR) is 142 cm³/mol. The number of carbonyl (C=O) groups excluding carboxylic acids is 1. The molecule has 3 aromatic heterocycles. The lowest BCUT2D eigenvalue weighted by Gasteiger charge is -2.12. The number of furan rings is 1. The average Bonchev–Trinajstić information content (AvgIpc) is 3.57. The van der Waals surface area contributed by atoms with E-state index in [0.29, 0.717) is 29.4 Å². The molecule has 6 aromatic rings. The molecule has 1 amide bonds. The summed E-state index contributed by atoms with van der Waals surface area (Å²) in [5, 5.41) is 3.67. The van der Waals surface area contributed by atoms with E-state index in [-0.39, 0.29) is 5.56 Å². The molecule has 0 spiro atoms. The Hall–Kier alpha value is -4.92. The average molecular weight is 527 g/mol. The summed E-state index contributed by atoms with van der Waals surface area (Å²) in [7, 11) is 0. The maximum absolute atomic E-state index is 13.1. The molecule has 0 fully saturated rings. The van der Waals surface area contributed by atoms with Gasteiger partial charge in [0.15, 0.2) is 5.76 Å². The fraction of sp³-hybridized carbons (Fsp3) is 0.100. The zero-order valence-corrected chi connectivity index (χ0v) is 20.6. The standard InChI is InChI=1S/C30H21F3N4O2/c1-17-9-10-22(35-29(38)19-6-4-7-21(13-19)30(31,32)33)14-20(17)16-26-36-23-11-12-34-27(23)28(37-26)25-15-18-5-2-3-8-24(18)39-25/h2-15,34H,16H2,1H3,(H,35,38). The van der Waals surface area contributed by atoms with Crippen LogP contribution in [0.15, 0.2) is 89.5 Å². The van der Waals surface area contributed by atoms with Gasteiger partial charge in [0.25, 0.3) is 5.91 Å². The van der Waals surface area contributed by atoms with Gasteiger partial charge in [0.1, 0.15) is 17.1 Å². The van der Waals surface area contributed by atoms with Crippen molar-refractivity contribution in [3.05, 3.63) is 113 Å². The Morgan fingerprint density at radius 2 is 1.82 bits per heavy atom. The van der Waals surface area contributed by atoms with Crippen LogP contribution in [0.1, 0.15) is 32.9 Å². The second kappa shape index (κ2) is 9.43. The van der Waals surface area contributed by atoms with Gasteiger partial charge in [-0.2, -0.15) is 13.2 Å². The lowest BCUT2D eigenvalue weighted by Crippen LogP contribution is -2.14. The lowest BCUT2D eigenvalue weighted by atomic mass is 10.0. The third-order valence-electron chi connectivity index (χ3n) is 6.52. The molecule has 0 bridgehead atoms. The number of nitrogens with one attached hydrogen (secondary N) is 2. The Bertz CT molecular complexity index is 1820. The molecule has 194 valence electrons. The first-order chi connectivity index (χ1) is 18.7. The molecular formula is C30H21F3N4O2. The minimum atomic E-state index is -4.53. The minimum absolute atomic E-state index is 0.0799. The number of halogens is 3. The van der Waals surface area contributed by atoms with E-state index >= 15 is 0 Å². The summed E-state index contributed by atoms with van der Waals surface area (Å²) in [5.74, 6) is 0.543. The van der Waals surface area contributed by atoms with Crippen LogP contribution < -0.4 is 5.32 Å². The smallest absolute Gasteiger partial charge is 0.416 e. The third kappa shape index (κ3) is 4.86. The molecule has 0 aliphatic carbocycles. The first kappa shape index (κ1) is 24.4. The Kier molecular flexibility index (Phi) is 5.91. The number of alkyl halides is 3. The van der Waals surface area contributed by atoms with E-state index in [9.17, 15) is 18.0 Å². The number of anilines is 1. The second-order valence-corrected chi connectivity index (χ2v) is 9.23. The molecule has 0 aliphatic rings. The predicted octanol–water partition coefficient (Wildman–Crippen LogP) is 7.54. The van der Waals surface area contributed by atoms with Crippen molar-refractivity contribution in [3.63, 3.8) is 0 Å². The van der Waals surface area contributed by atoms with E-state index in [0.717, 1.165) is 45.3 Å². The van der Waals surface area contributed by atoms with E-state index in [1.165, 1.54) is 12.1 Å². The number of fused-ring (bicyclic) bond motifs is 2. The van der Waals surface area contributed by atoms with Gasteiger partial charge in [0.05, 0.1) is 16.6 Å². The van der Waals surface area contributed by atoms with Crippen LogP contribution in [0.25, 0.3) is 33.5 Å². The molecule has 0 saturated heterocycles. The van der Waals surface area contributed by atoms with Crippen LogP contribution in [-0.2, 0) is 12.6 Å². The number of rotatable bonds is 5. The first-order valence-electron chi connectivity index (χ1n) is 12.2. The van der Waals surface area contributed by atoms with Gasteiger partial charge in [-0.05, 0) is 66.6 Å². The third-order valence-corrected chi connectivity index (χ3v) is 6.52. The van der Waals surface area contributed by atoms with Crippen molar-refractivity contribution < 1.29 is 22.4 Å². The van der Waals surface area contributed by atoms with Gasteiger partial charge in [0, 0.05) is 29.3 Å². The quantitative estimate of drug-likeness (QED) is 0.243. The summed E-state index contributed by atoms with van der Waals surface area (Å²) in [4.78, 5) is 25.4. The van der Waals surface area contributed by atoms with Crippen LogP contribution >= 0.6 is 0 Å². The number of amides is 1. The minimum Gasteiger partial charge on any atom is -0.454 e. The molecule has 0 radical (unpaired) electrons. The van der Waals surface area contributed by atoms with Crippen LogP contribution in [0.5, 0.6) is 0 Å². The van der Waals surface area contributed by atoms with Gasteiger partial charge >= 0.3 is 6.18 Å². The maximum Gasteiger partial charge on any atom is 0.416 e. The highest BCUT2D eigenvalue weighted by Crippen LogP contribution is 2.32. The second-order valence-electron chi connectivity index (χ2n) is 9.23. The summed E-state index contributed by atoms with van der Waals surface area (Å²) < 4.78 is 45.3. The Morgan fingerprint density at radius 3 is 2.64 bits per heavy atom. The number of para-hydroxylation sites is 1. The molecule has 39 heavy (non-hydrogen) atoms. The van der Waals surface area contributed by atoms with Crippen LogP contribution in [-0.4, -0.2) is 20.9 Å². The number of aryl methyl sites for hydroxylation is 1. The molecule has 9 heteroatoms. The summed E-state index contributed by atoms with van der Waals surface area (Å²) in [5.41, 5.74) is 4.21. The number of nitrogens with zero attached hydrogens (tertiary/aromatic N) is 2. The molecule has 0 atom stereocenters. The van der Waals surface area contributed by atoms with Crippen LogP contribution in [0.2, 0.25) is 0 Å². The van der Waals surface area contributed by atoms with Crippen molar-refractivity contribution in [3.8, 4) is 11.5 Å². The van der Waals surface area contributed by atoms with E-state index in [1.54, 1.807) is 18.3 Å². The van der Waals surface area contributed by atoms with Crippen molar-refractivity contribution in [2.45, 2.75) is 19.5 Å². The summed E-state index contributed by atoms with van der Waals surface area (Å²) >= 11 is 0. The van der Waals surface area contributed by atoms with Crippen molar-refractivity contribution in [1.29, 1.82) is 0 Å². The van der Waals surface area contributed by atoms with Crippen LogP contribution in [0, 0.1) is 6.92 Å². The number of aromatic nitrogens is 3. The number of hydrogen-bond acceptors (Lipinski definition) is 4. The Morgan fingerprint density at radius 1 is 0.974 bits per heavy atom. The summed E-state index contributed by atoms with van der Waals surface area (Å²) in [6.07, 6.45) is -2.37. The fourth-order valence-electron chi connectivity index (χ4n) is 4.50. The number of benzene rings is 3. The molecule has 6 rings (SSSR count). The van der Waals surface area contributed by atoms with Crippen molar-refractivity contribution >= 4 is 33.6 Å². The number of H-pyrrole nitrogens is 1. The van der Waals surface area contributed by atoms with E-state index in [1.807, 2.05) is 49.4 Å². The van der Waals surface area contributed by atoms with Gasteiger partial charge < -0.3 is 14.7 Å². The van der Waals surface area contributed by atoms with E-state index < -0.39 is 17.6 Å². The van der Waals surface area contributed by atoms with Crippen molar-refractivity contribution in [1.82, 2.24) is 15.0 Å². The monoisotopic (exact) mass is 526 g/mol. The van der Waals surface area contributed by atoms with Gasteiger partial charge in [-0.3, -0.25) is 4.79 Å². The topological polar surface area (TPSA) is 83.8 Å². The molecule has 6 nitrogen and oxygen atoms in total. The zero-order chi connectivity index (χ0) is 27.1. The summed E-state index contributed by atoms with van der Waals surface area (Å²) in [6, 6.07) is 21.2. The Labute approximate surface area is 220 Å². The molecule has 0 aliphatic heterocycles. The van der Waals surface area contributed by atoms with Gasteiger partial charge in [-0.1, -0.05) is 30.3 Å². The molecule has 3 heterocycles. The maximum atomic E-state index is 13.1. The zero-order valence-electron chi connectivity index (χ0n) is 20.6. The van der Waals surface area contributed by atoms with Crippen LogP contribution in [0.3, 0.4) is 0 Å². The summed E-state index contributed by atoms with van der Waals surface area (Å²) in [6.45, 7) is 1.93. The van der Waals surface area contributed by atoms with Gasteiger partial charge in [-0.15, -0.1) is 0 Å². The Balaban J connectivity index is 1.30. The number of hydrogen-bond donors (Lipinski definition) is 2.